The highest BCUT2D eigenvalue weighted by atomic mass is 32.1. The number of urea groups is 1. The molecule has 1 saturated heterocycles. The van der Waals surface area contributed by atoms with Gasteiger partial charge in [0.1, 0.15) is 13.2 Å². The molecule has 0 radical (unpaired) electrons. The highest BCUT2D eigenvalue weighted by Gasteiger charge is 2.43. The van der Waals surface area contributed by atoms with Gasteiger partial charge in [0, 0.05) is 18.0 Å². The van der Waals surface area contributed by atoms with Crippen molar-refractivity contribution < 1.29 is 19.1 Å². The molecule has 3 aliphatic rings. The first-order valence-corrected chi connectivity index (χ1v) is 9.32. The zero-order chi connectivity index (χ0) is 17.4. The molecule has 0 spiro atoms. The van der Waals surface area contributed by atoms with Crippen molar-refractivity contribution in [2.45, 2.75) is 25.3 Å². The fraction of sp³-hybridized carbons (Fsp3) is 0.471. The summed E-state index contributed by atoms with van der Waals surface area (Å²) >= 11 is 1.47. The molecule has 0 saturated carbocycles. The SMILES string of the molecule is O=C1OCC2=C1[C@H](c1cccs1)NC(=O)N2CC(=O)N1CCCCC1. The molecule has 1 aromatic heterocycles. The van der Waals surface area contributed by atoms with Crippen molar-refractivity contribution in [3.05, 3.63) is 33.7 Å². The number of nitrogens with zero attached hydrogens (tertiary/aromatic N) is 2. The molecule has 8 heteroatoms. The monoisotopic (exact) mass is 361 g/mol. The lowest BCUT2D eigenvalue weighted by molar-refractivity contribution is -0.136. The number of nitrogens with one attached hydrogen (secondary N) is 1. The van der Waals surface area contributed by atoms with E-state index in [0.29, 0.717) is 11.3 Å². The highest BCUT2D eigenvalue weighted by Crippen LogP contribution is 2.36. The molecule has 25 heavy (non-hydrogen) atoms. The van der Waals surface area contributed by atoms with Gasteiger partial charge >= 0.3 is 12.0 Å². The van der Waals surface area contributed by atoms with Crippen LogP contribution in [0.1, 0.15) is 30.2 Å². The van der Waals surface area contributed by atoms with Gasteiger partial charge in [-0.05, 0) is 30.7 Å². The number of thiophene rings is 1. The molecule has 0 aromatic carbocycles. The van der Waals surface area contributed by atoms with Gasteiger partial charge in [-0.25, -0.2) is 9.59 Å². The Labute approximate surface area is 149 Å². The standard InChI is InChI=1S/C17H19N3O4S/c21-13(19-6-2-1-3-7-19)9-20-11-10-24-16(22)14(11)15(18-17(20)23)12-5-4-8-25-12/h4-5,8,15H,1-3,6-7,9-10H2,(H,18,23)/t15-/m0/s1. The number of amides is 3. The molecule has 7 nitrogen and oxygen atoms in total. The molecule has 4 rings (SSSR count). The molecule has 1 atom stereocenters. The number of carbonyl (C=O) groups is 3. The number of carbonyl (C=O) groups excluding carboxylic acids is 3. The van der Waals surface area contributed by atoms with E-state index in [0.717, 1.165) is 37.2 Å². The molecule has 1 aromatic rings. The lowest BCUT2D eigenvalue weighted by Gasteiger charge is -2.34. The molecule has 1 N–H and O–H groups in total. The van der Waals surface area contributed by atoms with Crippen molar-refractivity contribution in [1.82, 2.24) is 15.1 Å². The van der Waals surface area contributed by atoms with E-state index in [1.807, 2.05) is 17.5 Å². The minimum absolute atomic E-state index is 0.0384. The largest absolute Gasteiger partial charge is 0.456 e. The summed E-state index contributed by atoms with van der Waals surface area (Å²) in [5, 5.41) is 4.74. The van der Waals surface area contributed by atoms with Crippen LogP contribution in [0.15, 0.2) is 28.8 Å². The van der Waals surface area contributed by atoms with E-state index in [9.17, 15) is 14.4 Å². The van der Waals surface area contributed by atoms with Crippen LogP contribution in [0.2, 0.25) is 0 Å². The Morgan fingerprint density at radius 2 is 2.08 bits per heavy atom. The average Bonchev–Trinajstić information content (AvgIpc) is 3.28. The second-order valence-corrected chi connectivity index (χ2v) is 7.34. The van der Waals surface area contributed by atoms with Crippen molar-refractivity contribution in [3.63, 3.8) is 0 Å². The topological polar surface area (TPSA) is 79.0 Å². The van der Waals surface area contributed by atoms with Crippen LogP contribution in [-0.2, 0) is 14.3 Å². The number of cyclic esters (lactones) is 1. The van der Waals surface area contributed by atoms with E-state index in [1.165, 1.54) is 16.2 Å². The summed E-state index contributed by atoms with van der Waals surface area (Å²) in [6.45, 7) is 1.44. The number of piperidine rings is 1. The van der Waals surface area contributed by atoms with Crippen LogP contribution >= 0.6 is 11.3 Å². The third-order valence-electron chi connectivity index (χ3n) is 4.83. The molecule has 1 fully saturated rings. The van der Waals surface area contributed by atoms with Crippen molar-refractivity contribution in [2.24, 2.45) is 0 Å². The minimum atomic E-state index is -0.501. The maximum Gasteiger partial charge on any atom is 0.338 e. The van der Waals surface area contributed by atoms with Crippen LogP contribution in [0.5, 0.6) is 0 Å². The molecule has 0 aliphatic carbocycles. The Balaban J connectivity index is 1.60. The summed E-state index contributed by atoms with van der Waals surface area (Å²) in [5.74, 6) is -0.514. The Hall–Kier alpha value is -2.35. The second kappa shape index (κ2) is 6.51. The van der Waals surface area contributed by atoms with Gasteiger partial charge in [-0.15, -0.1) is 11.3 Å². The van der Waals surface area contributed by atoms with Crippen molar-refractivity contribution in [3.8, 4) is 0 Å². The maximum atomic E-state index is 12.6. The lowest BCUT2D eigenvalue weighted by atomic mass is 10.0. The molecular formula is C17H19N3O4S. The zero-order valence-electron chi connectivity index (χ0n) is 13.7. The first-order valence-electron chi connectivity index (χ1n) is 8.44. The van der Waals surface area contributed by atoms with Gasteiger partial charge in [0.2, 0.25) is 5.91 Å². The van der Waals surface area contributed by atoms with Gasteiger partial charge in [0.25, 0.3) is 0 Å². The predicted molar refractivity (Wildman–Crippen MR) is 90.7 cm³/mol. The van der Waals surface area contributed by atoms with E-state index in [1.54, 1.807) is 4.90 Å². The van der Waals surface area contributed by atoms with E-state index in [-0.39, 0.29) is 25.1 Å². The predicted octanol–water partition coefficient (Wildman–Crippen LogP) is 1.64. The minimum Gasteiger partial charge on any atom is -0.456 e. The third-order valence-corrected chi connectivity index (χ3v) is 5.77. The van der Waals surface area contributed by atoms with Gasteiger partial charge in [-0.2, -0.15) is 0 Å². The molecule has 3 aliphatic heterocycles. The third kappa shape index (κ3) is 2.90. The molecule has 0 bridgehead atoms. The lowest BCUT2D eigenvalue weighted by Crippen LogP contribution is -2.51. The van der Waals surface area contributed by atoms with Crippen LogP contribution in [0.3, 0.4) is 0 Å². The summed E-state index contributed by atoms with van der Waals surface area (Å²) in [6, 6.07) is 2.89. The van der Waals surface area contributed by atoms with Gasteiger partial charge in [-0.3, -0.25) is 9.69 Å². The van der Waals surface area contributed by atoms with Gasteiger partial charge in [0.15, 0.2) is 0 Å². The van der Waals surface area contributed by atoms with Gasteiger partial charge in [0.05, 0.1) is 17.3 Å². The summed E-state index contributed by atoms with van der Waals surface area (Å²) in [6.07, 6.45) is 3.12. The average molecular weight is 361 g/mol. The van der Waals surface area contributed by atoms with Crippen molar-refractivity contribution in [2.75, 3.05) is 26.2 Å². The fourth-order valence-electron chi connectivity index (χ4n) is 3.53. The van der Waals surface area contributed by atoms with Gasteiger partial charge < -0.3 is 15.0 Å². The normalized spacial score (nSPS) is 23.4. The molecule has 0 unspecified atom stereocenters. The fourth-order valence-corrected chi connectivity index (χ4v) is 4.31. The van der Waals surface area contributed by atoms with Crippen LogP contribution in [0.4, 0.5) is 4.79 Å². The Morgan fingerprint density at radius 3 is 2.80 bits per heavy atom. The Kier molecular flexibility index (Phi) is 4.20. The van der Waals surface area contributed by atoms with Gasteiger partial charge in [-0.1, -0.05) is 6.07 Å². The second-order valence-electron chi connectivity index (χ2n) is 6.36. The van der Waals surface area contributed by atoms with E-state index < -0.39 is 12.0 Å². The van der Waals surface area contributed by atoms with Crippen LogP contribution in [-0.4, -0.2) is 53.9 Å². The Morgan fingerprint density at radius 1 is 1.28 bits per heavy atom. The molecule has 3 amide bonds. The molecule has 4 heterocycles. The zero-order valence-corrected chi connectivity index (χ0v) is 14.5. The maximum absolute atomic E-state index is 12.6. The van der Waals surface area contributed by atoms with Crippen LogP contribution in [0.25, 0.3) is 0 Å². The quantitative estimate of drug-likeness (QED) is 0.830. The number of hydrogen-bond donors (Lipinski definition) is 1. The smallest absolute Gasteiger partial charge is 0.338 e. The number of likely N-dealkylation sites (tertiary alicyclic amines) is 1. The first kappa shape index (κ1) is 16.1. The molecule has 132 valence electrons. The molecular weight excluding hydrogens is 342 g/mol. The van der Waals surface area contributed by atoms with Crippen molar-refractivity contribution in [1.29, 1.82) is 0 Å². The number of ether oxygens (including phenoxy) is 1. The Bertz CT molecular complexity index is 737. The number of rotatable bonds is 3. The number of esters is 1. The van der Waals surface area contributed by atoms with Crippen molar-refractivity contribution >= 4 is 29.2 Å². The van der Waals surface area contributed by atoms with E-state index in [2.05, 4.69) is 5.32 Å². The van der Waals surface area contributed by atoms with Crippen LogP contribution < -0.4 is 5.32 Å². The summed E-state index contributed by atoms with van der Waals surface area (Å²) in [5.41, 5.74) is 0.950. The van der Waals surface area contributed by atoms with E-state index in [4.69, 9.17) is 4.74 Å². The number of hydrogen-bond acceptors (Lipinski definition) is 5. The highest BCUT2D eigenvalue weighted by molar-refractivity contribution is 7.10. The van der Waals surface area contributed by atoms with E-state index >= 15 is 0 Å². The summed E-state index contributed by atoms with van der Waals surface area (Å²) in [7, 11) is 0. The first-order chi connectivity index (χ1) is 12.1. The van der Waals surface area contributed by atoms with Crippen LogP contribution in [0, 0.1) is 0 Å². The summed E-state index contributed by atoms with van der Waals surface area (Å²) in [4.78, 5) is 41.4. The summed E-state index contributed by atoms with van der Waals surface area (Å²) < 4.78 is 5.17.